The minimum Gasteiger partial charge on any atom is -0.444 e. The van der Waals surface area contributed by atoms with E-state index in [-0.39, 0.29) is 6.09 Å². The summed E-state index contributed by atoms with van der Waals surface area (Å²) >= 11 is 0. The van der Waals surface area contributed by atoms with Gasteiger partial charge in [0.25, 0.3) is 0 Å². The van der Waals surface area contributed by atoms with Crippen molar-refractivity contribution in [2.45, 2.75) is 44.8 Å². The Morgan fingerprint density at radius 3 is 2.60 bits per heavy atom. The van der Waals surface area contributed by atoms with Crippen LogP contribution in [-0.2, 0) is 4.74 Å². The second kappa shape index (κ2) is 6.27. The maximum Gasteiger partial charge on any atom is 0.407 e. The van der Waals surface area contributed by atoms with Crippen LogP contribution in [0.1, 0.15) is 38.7 Å². The monoisotopic (exact) mass is 276 g/mol. The summed E-state index contributed by atoms with van der Waals surface area (Å²) in [6.07, 6.45) is 0.825. The fourth-order valence-corrected chi connectivity index (χ4v) is 2.23. The van der Waals surface area contributed by atoms with Crippen LogP contribution in [0.5, 0.6) is 0 Å². The number of ether oxygens (including phenoxy) is 1. The number of hydrogen-bond donors (Lipinski definition) is 2. The lowest BCUT2D eigenvalue weighted by Crippen LogP contribution is -2.37. The van der Waals surface area contributed by atoms with E-state index in [0.29, 0.717) is 18.5 Å². The van der Waals surface area contributed by atoms with E-state index in [1.165, 1.54) is 12.0 Å². The van der Waals surface area contributed by atoms with Gasteiger partial charge in [0.1, 0.15) is 5.60 Å². The molecule has 2 rings (SSSR count). The Bertz CT molecular complexity index is 440. The molecule has 1 aromatic rings. The number of carbonyl (C=O) groups is 1. The van der Waals surface area contributed by atoms with E-state index in [1.54, 1.807) is 0 Å². The molecule has 0 aliphatic heterocycles. The molecule has 0 aromatic heterocycles. The molecular weight excluding hydrogens is 252 g/mol. The molecule has 0 spiro atoms. The SMILES string of the molecule is CC(C)(C)OC(=O)NCCNC1CC1c1ccccc1. The van der Waals surface area contributed by atoms with Crippen molar-refractivity contribution < 1.29 is 9.53 Å². The average molecular weight is 276 g/mol. The lowest BCUT2D eigenvalue weighted by Gasteiger charge is -2.19. The highest BCUT2D eigenvalue weighted by atomic mass is 16.6. The summed E-state index contributed by atoms with van der Waals surface area (Å²) in [5.41, 5.74) is 0.956. The van der Waals surface area contributed by atoms with E-state index in [1.807, 2.05) is 26.8 Å². The van der Waals surface area contributed by atoms with Crippen LogP contribution in [0.25, 0.3) is 0 Å². The molecule has 1 aromatic carbocycles. The van der Waals surface area contributed by atoms with Crippen LogP contribution in [0.4, 0.5) is 4.79 Å². The van der Waals surface area contributed by atoms with Crippen LogP contribution in [0.15, 0.2) is 30.3 Å². The normalized spacial score (nSPS) is 21.4. The van der Waals surface area contributed by atoms with E-state index in [0.717, 1.165) is 6.54 Å². The van der Waals surface area contributed by atoms with Gasteiger partial charge in [-0.05, 0) is 32.8 Å². The van der Waals surface area contributed by atoms with Crippen LogP contribution >= 0.6 is 0 Å². The zero-order chi connectivity index (χ0) is 14.6. The molecule has 0 radical (unpaired) electrons. The smallest absolute Gasteiger partial charge is 0.407 e. The van der Waals surface area contributed by atoms with Gasteiger partial charge in [0.15, 0.2) is 0 Å². The van der Waals surface area contributed by atoms with Crippen molar-refractivity contribution in [1.82, 2.24) is 10.6 Å². The van der Waals surface area contributed by atoms with Crippen molar-refractivity contribution >= 4 is 6.09 Å². The first-order valence-electron chi connectivity index (χ1n) is 7.21. The first kappa shape index (κ1) is 14.9. The number of alkyl carbamates (subject to hydrolysis) is 1. The van der Waals surface area contributed by atoms with Crippen molar-refractivity contribution in [3.05, 3.63) is 35.9 Å². The minimum atomic E-state index is -0.438. The maximum atomic E-state index is 11.4. The largest absolute Gasteiger partial charge is 0.444 e. The second-order valence-corrected chi connectivity index (χ2v) is 6.24. The highest BCUT2D eigenvalue weighted by molar-refractivity contribution is 5.67. The Labute approximate surface area is 120 Å². The van der Waals surface area contributed by atoms with Gasteiger partial charge in [0.2, 0.25) is 0 Å². The minimum absolute atomic E-state index is 0.352. The molecule has 1 amide bonds. The van der Waals surface area contributed by atoms with Gasteiger partial charge in [0.05, 0.1) is 0 Å². The van der Waals surface area contributed by atoms with Gasteiger partial charge in [0, 0.05) is 25.0 Å². The number of hydrogen-bond acceptors (Lipinski definition) is 3. The van der Waals surface area contributed by atoms with E-state index < -0.39 is 5.60 Å². The van der Waals surface area contributed by atoms with E-state index >= 15 is 0 Å². The summed E-state index contributed by atoms with van der Waals surface area (Å²) in [7, 11) is 0. The fourth-order valence-electron chi connectivity index (χ4n) is 2.23. The molecule has 4 heteroatoms. The predicted octanol–water partition coefficient (Wildman–Crippen LogP) is 2.66. The zero-order valence-corrected chi connectivity index (χ0v) is 12.5. The van der Waals surface area contributed by atoms with Crippen LogP contribution in [-0.4, -0.2) is 30.8 Å². The van der Waals surface area contributed by atoms with Crippen molar-refractivity contribution in [3.63, 3.8) is 0 Å². The molecule has 0 saturated heterocycles. The molecule has 2 unspecified atom stereocenters. The summed E-state index contributed by atoms with van der Waals surface area (Å²) < 4.78 is 5.17. The highest BCUT2D eigenvalue weighted by Gasteiger charge is 2.37. The molecule has 2 N–H and O–H groups in total. The second-order valence-electron chi connectivity index (χ2n) is 6.24. The van der Waals surface area contributed by atoms with Crippen molar-refractivity contribution in [2.75, 3.05) is 13.1 Å². The zero-order valence-electron chi connectivity index (χ0n) is 12.5. The van der Waals surface area contributed by atoms with Gasteiger partial charge >= 0.3 is 6.09 Å². The van der Waals surface area contributed by atoms with Crippen LogP contribution in [0, 0.1) is 0 Å². The standard InChI is InChI=1S/C16H24N2O2/c1-16(2,3)20-15(19)18-10-9-17-14-11-13(14)12-7-5-4-6-8-12/h4-8,13-14,17H,9-11H2,1-3H3,(H,18,19). The molecule has 20 heavy (non-hydrogen) atoms. The van der Waals surface area contributed by atoms with Crippen molar-refractivity contribution in [1.29, 1.82) is 0 Å². The van der Waals surface area contributed by atoms with Gasteiger partial charge in [-0.3, -0.25) is 0 Å². The fraction of sp³-hybridized carbons (Fsp3) is 0.562. The number of rotatable bonds is 5. The Morgan fingerprint density at radius 2 is 1.95 bits per heavy atom. The molecular formula is C16H24N2O2. The molecule has 1 saturated carbocycles. The number of amides is 1. The third kappa shape index (κ3) is 4.85. The summed E-state index contributed by atoms with van der Waals surface area (Å²) in [6.45, 7) is 6.94. The van der Waals surface area contributed by atoms with Gasteiger partial charge in [-0.2, -0.15) is 0 Å². The van der Waals surface area contributed by atoms with Gasteiger partial charge in [-0.25, -0.2) is 4.79 Å². The number of carbonyl (C=O) groups excluding carboxylic acids is 1. The quantitative estimate of drug-likeness (QED) is 0.813. The predicted molar refractivity (Wildman–Crippen MR) is 79.8 cm³/mol. The number of nitrogens with one attached hydrogen (secondary N) is 2. The Morgan fingerprint density at radius 1 is 1.25 bits per heavy atom. The van der Waals surface area contributed by atoms with Gasteiger partial charge in [-0.1, -0.05) is 30.3 Å². The summed E-state index contributed by atoms with van der Waals surface area (Å²) in [5, 5.41) is 6.21. The third-order valence-electron chi connectivity index (χ3n) is 3.22. The lowest BCUT2D eigenvalue weighted by molar-refractivity contribution is 0.0528. The van der Waals surface area contributed by atoms with Crippen molar-refractivity contribution in [2.24, 2.45) is 0 Å². The first-order chi connectivity index (χ1) is 9.46. The molecule has 1 aliphatic rings. The van der Waals surface area contributed by atoms with Crippen molar-refractivity contribution in [3.8, 4) is 0 Å². The molecule has 0 heterocycles. The van der Waals surface area contributed by atoms with E-state index in [9.17, 15) is 4.79 Å². The summed E-state index contributed by atoms with van der Waals surface area (Å²) in [6, 6.07) is 11.1. The van der Waals surface area contributed by atoms with Crippen LogP contribution in [0.3, 0.4) is 0 Å². The molecule has 2 atom stereocenters. The van der Waals surface area contributed by atoms with Gasteiger partial charge in [-0.15, -0.1) is 0 Å². The molecule has 0 bridgehead atoms. The summed E-state index contributed by atoms with van der Waals surface area (Å²) in [5.74, 6) is 0.623. The Balaban J connectivity index is 1.58. The highest BCUT2D eigenvalue weighted by Crippen LogP contribution is 2.40. The van der Waals surface area contributed by atoms with Crippen LogP contribution in [0.2, 0.25) is 0 Å². The van der Waals surface area contributed by atoms with E-state index in [4.69, 9.17) is 4.74 Å². The molecule has 1 fully saturated rings. The molecule has 1 aliphatic carbocycles. The molecule has 4 nitrogen and oxygen atoms in total. The average Bonchev–Trinajstić information content (AvgIpc) is 3.13. The van der Waals surface area contributed by atoms with E-state index in [2.05, 4.69) is 34.9 Å². The first-order valence-corrected chi connectivity index (χ1v) is 7.21. The van der Waals surface area contributed by atoms with Gasteiger partial charge < -0.3 is 15.4 Å². The lowest BCUT2D eigenvalue weighted by atomic mass is 10.1. The summed E-state index contributed by atoms with van der Waals surface area (Å²) in [4.78, 5) is 11.4. The maximum absolute atomic E-state index is 11.4. The Kier molecular flexibility index (Phi) is 4.65. The third-order valence-corrected chi connectivity index (χ3v) is 3.22. The number of benzene rings is 1. The van der Waals surface area contributed by atoms with Crippen LogP contribution < -0.4 is 10.6 Å². The Hall–Kier alpha value is -1.55. The molecule has 110 valence electrons. The topological polar surface area (TPSA) is 50.4 Å².